The van der Waals surface area contributed by atoms with Gasteiger partial charge in [0.1, 0.15) is 0 Å². The predicted molar refractivity (Wildman–Crippen MR) is 75.9 cm³/mol. The van der Waals surface area contributed by atoms with Gasteiger partial charge in [-0.05, 0) is 32.0 Å². The standard InChI is InChI=1S/C13H18N4S/c1-2-17-5-3-4-9(8-17)11-6-10-12(18-11)7-15-16-13(10)14/h6-7,9H,2-5,8H2,1H3,(H2,14,16). The lowest BCUT2D eigenvalue weighted by Gasteiger charge is -2.31. The highest BCUT2D eigenvalue weighted by Crippen LogP contribution is 2.36. The Labute approximate surface area is 111 Å². The lowest BCUT2D eigenvalue weighted by molar-refractivity contribution is 0.219. The average molecular weight is 262 g/mol. The second kappa shape index (κ2) is 4.82. The maximum Gasteiger partial charge on any atom is 0.154 e. The Morgan fingerprint density at radius 3 is 3.22 bits per heavy atom. The lowest BCUT2D eigenvalue weighted by atomic mass is 9.96. The summed E-state index contributed by atoms with van der Waals surface area (Å²) in [6.45, 7) is 5.79. The van der Waals surface area contributed by atoms with Crippen LogP contribution in [0.2, 0.25) is 0 Å². The summed E-state index contributed by atoms with van der Waals surface area (Å²) in [4.78, 5) is 3.96. The van der Waals surface area contributed by atoms with Crippen molar-refractivity contribution in [3.8, 4) is 0 Å². The molecular formula is C13H18N4S. The number of nitrogens with zero attached hydrogens (tertiary/aromatic N) is 3. The molecule has 0 radical (unpaired) electrons. The third kappa shape index (κ3) is 2.08. The predicted octanol–water partition coefficient (Wildman–Crippen LogP) is 2.47. The summed E-state index contributed by atoms with van der Waals surface area (Å²) in [7, 11) is 0. The first-order valence-corrected chi connectivity index (χ1v) is 7.32. The number of hydrogen-bond acceptors (Lipinski definition) is 5. The second-order valence-electron chi connectivity index (χ2n) is 4.89. The van der Waals surface area contributed by atoms with E-state index in [1.807, 2.05) is 17.5 Å². The van der Waals surface area contributed by atoms with Crippen LogP contribution in [0.25, 0.3) is 10.1 Å². The van der Waals surface area contributed by atoms with Gasteiger partial charge in [0.25, 0.3) is 0 Å². The van der Waals surface area contributed by atoms with Crippen molar-refractivity contribution in [2.45, 2.75) is 25.7 Å². The molecule has 2 aromatic rings. The van der Waals surface area contributed by atoms with Gasteiger partial charge in [0.05, 0.1) is 10.9 Å². The molecule has 3 heterocycles. The van der Waals surface area contributed by atoms with E-state index in [9.17, 15) is 0 Å². The Hall–Kier alpha value is -1.20. The van der Waals surface area contributed by atoms with Crippen LogP contribution in [0.1, 0.15) is 30.6 Å². The summed E-state index contributed by atoms with van der Waals surface area (Å²) in [6, 6.07) is 2.22. The summed E-state index contributed by atoms with van der Waals surface area (Å²) in [6.07, 6.45) is 4.39. The zero-order chi connectivity index (χ0) is 12.5. The van der Waals surface area contributed by atoms with Gasteiger partial charge in [-0.2, -0.15) is 5.10 Å². The summed E-state index contributed by atoms with van der Waals surface area (Å²) < 4.78 is 1.16. The SMILES string of the molecule is CCN1CCCC(c2cc3c(N)nncc3s2)C1. The monoisotopic (exact) mass is 262 g/mol. The quantitative estimate of drug-likeness (QED) is 0.903. The Morgan fingerprint density at radius 1 is 1.56 bits per heavy atom. The zero-order valence-corrected chi connectivity index (χ0v) is 11.4. The Kier molecular flexibility index (Phi) is 3.18. The molecule has 5 heteroatoms. The van der Waals surface area contributed by atoms with Crippen molar-refractivity contribution in [2.24, 2.45) is 0 Å². The number of rotatable bonds is 2. The molecule has 1 unspecified atom stereocenters. The number of thiophene rings is 1. The van der Waals surface area contributed by atoms with E-state index in [-0.39, 0.29) is 0 Å². The molecule has 1 saturated heterocycles. The fourth-order valence-corrected chi connectivity index (χ4v) is 3.86. The number of nitrogens with two attached hydrogens (primary N) is 1. The molecule has 4 nitrogen and oxygen atoms in total. The normalized spacial score (nSPS) is 21.5. The maximum absolute atomic E-state index is 5.88. The van der Waals surface area contributed by atoms with Crippen LogP contribution in [0.4, 0.5) is 5.82 Å². The molecule has 3 rings (SSSR count). The summed E-state index contributed by atoms with van der Waals surface area (Å²) in [5, 5.41) is 8.92. The minimum atomic E-state index is 0.554. The molecule has 1 aliphatic rings. The molecule has 2 N–H and O–H groups in total. The van der Waals surface area contributed by atoms with E-state index in [0.717, 1.165) is 16.6 Å². The van der Waals surface area contributed by atoms with E-state index in [4.69, 9.17) is 5.73 Å². The molecule has 0 aromatic carbocycles. The van der Waals surface area contributed by atoms with Crippen molar-refractivity contribution in [1.82, 2.24) is 15.1 Å². The van der Waals surface area contributed by atoms with Gasteiger partial charge in [-0.3, -0.25) is 0 Å². The summed E-state index contributed by atoms with van der Waals surface area (Å²) in [5.41, 5.74) is 5.88. The minimum Gasteiger partial charge on any atom is -0.382 e. The number of piperidine rings is 1. The molecule has 0 bridgehead atoms. The van der Waals surface area contributed by atoms with Gasteiger partial charge in [-0.1, -0.05) is 6.92 Å². The molecule has 0 spiro atoms. The third-order valence-corrected chi connectivity index (χ3v) is 4.98. The molecule has 2 aromatic heterocycles. The number of hydrogen-bond donors (Lipinski definition) is 1. The first-order chi connectivity index (χ1) is 8.78. The Bertz CT molecular complexity index is 551. The molecule has 1 fully saturated rings. The fraction of sp³-hybridized carbons (Fsp3) is 0.538. The highest BCUT2D eigenvalue weighted by Gasteiger charge is 2.22. The highest BCUT2D eigenvalue weighted by molar-refractivity contribution is 7.19. The Balaban J connectivity index is 1.92. The van der Waals surface area contributed by atoms with Crippen LogP contribution in [0, 0.1) is 0 Å². The van der Waals surface area contributed by atoms with Crippen molar-refractivity contribution < 1.29 is 0 Å². The first kappa shape index (κ1) is 11.9. The van der Waals surface area contributed by atoms with Gasteiger partial charge in [0, 0.05) is 22.7 Å². The zero-order valence-electron chi connectivity index (χ0n) is 10.6. The highest BCUT2D eigenvalue weighted by atomic mass is 32.1. The fourth-order valence-electron chi connectivity index (χ4n) is 2.69. The number of fused-ring (bicyclic) bond motifs is 1. The van der Waals surface area contributed by atoms with Crippen LogP contribution in [0.5, 0.6) is 0 Å². The summed E-state index contributed by atoms with van der Waals surface area (Å²) in [5.74, 6) is 1.20. The second-order valence-corrected chi connectivity index (χ2v) is 6.00. The van der Waals surface area contributed by atoms with Crippen LogP contribution >= 0.6 is 11.3 Å². The molecule has 0 saturated carbocycles. The van der Waals surface area contributed by atoms with Crippen molar-refractivity contribution in [3.05, 3.63) is 17.1 Å². The average Bonchev–Trinajstić information content (AvgIpc) is 2.84. The molecule has 96 valence electrons. The van der Waals surface area contributed by atoms with Crippen LogP contribution < -0.4 is 5.73 Å². The van der Waals surface area contributed by atoms with Gasteiger partial charge >= 0.3 is 0 Å². The van der Waals surface area contributed by atoms with E-state index < -0.39 is 0 Å². The molecule has 0 aliphatic carbocycles. The van der Waals surface area contributed by atoms with Crippen molar-refractivity contribution in [2.75, 3.05) is 25.4 Å². The third-order valence-electron chi connectivity index (χ3n) is 3.75. The van der Waals surface area contributed by atoms with Crippen molar-refractivity contribution in [3.63, 3.8) is 0 Å². The van der Waals surface area contributed by atoms with Gasteiger partial charge in [0.2, 0.25) is 0 Å². The Morgan fingerprint density at radius 2 is 2.44 bits per heavy atom. The lowest BCUT2D eigenvalue weighted by Crippen LogP contribution is -2.33. The van der Waals surface area contributed by atoms with E-state index >= 15 is 0 Å². The molecule has 18 heavy (non-hydrogen) atoms. The van der Waals surface area contributed by atoms with Gasteiger partial charge in [0.15, 0.2) is 5.82 Å². The first-order valence-electron chi connectivity index (χ1n) is 6.51. The molecule has 0 amide bonds. The van der Waals surface area contributed by atoms with Crippen molar-refractivity contribution in [1.29, 1.82) is 0 Å². The number of likely N-dealkylation sites (N-methyl/N-ethyl adjacent to an activating group) is 1. The van der Waals surface area contributed by atoms with Gasteiger partial charge in [-0.15, -0.1) is 16.4 Å². The number of aromatic nitrogens is 2. The van der Waals surface area contributed by atoms with Gasteiger partial charge < -0.3 is 10.6 Å². The number of nitrogen functional groups attached to an aromatic ring is 1. The van der Waals surface area contributed by atoms with Crippen LogP contribution in [0.3, 0.4) is 0 Å². The summed E-state index contributed by atoms with van der Waals surface area (Å²) >= 11 is 1.82. The van der Waals surface area contributed by atoms with E-state index in [2.05, 4.69) is 28.1 Å². The van der Waals surface area contributed by atoms with E-state index in [0.29, 0.717) is 11.7 Å². The molecule has 1 aliphatic heterocycles. The van der Waals surface area contributed by atoms with Crippen LogP contribution in [0.15, 0.2) is 12.3 Å². The maximum atomic E-state index is 5.88. The van der Waals surface area contributed by atoms with E-state index in [1.165, 1.54) is 30.8 Å². The number of anilines is 1. The van der Waals surface area contributed by atoms with Gasteiger partial charge in [-0.25, -0.2) is 0 Å². The smallest absolute Gasteiger partial charge is 0.154 e. The minimum absolute atomic E-state index is 0.554. The van der Waals surface area contributed by atoms with E-state index in [1.54, 1.807) is 0 Å². The largest absolute Gasteiger partial charge is 0.382 e. The van der Waals surface area contributed by atoms with Crippen molar-refractivity contribution >= 4 is 27.2 Å². The number of likely N-dealkylation sites (tertiary alicyclic amines) is 1. The van der Waals surface area contributed by atoms with Crippen LogP contribution in [-0.4, -0.2) is 34.7 Å². The van der Waals surface area contributed by atoms with Crippen LogP contribution in [-0.2, 0) is 0 Å². The topological polar surface area (TPSA) is 55.0 Å². The molecule has 1 atom stereocenters. The molecular weight excluding hydrogens is 244 g/mol.